The van der Waals surface area contributed by atoms with Gasteiger partial charge in [0.2, 0.25) is 0 Å². The summed E-state index contributed by atoms with van der Waals surface area (Å²) in [5.74, 6) is 0. The Morgan fingerprint density at radius 3 is 1.43 bits per heavy atom. The average Bonchev–Trinajstić information content (AvgIpc) is 0.811. The first-order chi connectivity index (χ1) is 1.73. The van der Waals surface area contributed by atoms with E-state index in [1.165, 1.54) is 0 Å². The van der Waals surface area contributed by atoms with Crippen LogP contribution in [0.1, 0.15) is 0 Å². The third-order valence-electron chi connectivity index (χ3n) is 0. The number of carboxylic acid groups (broad SMARTS) is 1. The number of hydrogen-bond donors (Lipinski definition) is 3. The molecule has 0 saturated carbocycles. The fourth-order valence-electron chi connectivity index (χ4n) is 0. The van der Waals surface area contributed by atoms with E-state index < -0.39 is 6.09 Å². The van der Waals surface area contributed by atoms with Crippen molar-refractivity contribution < 1.29 is 14.6 Å². The van der Waals surface area contributed by atoms with Gasteiger partial charge in [0, 0.05) is 0 Å². The molecule has 0 aromatic heterocycles. The number of quaternary nitrogens is 2. The van der Waals surface area contributed by atoms with Gasteiger partial charge in [0.15, 0.2) is 0 Å². The van der Waals surface area contributed by atoms with E-state index in [1.807, 2.05) is 0 Å². The van der Waals surface area contributed by atoms with Crippen LogP contribution in [0.3, 0.4) is 0 Å². The van der Waals surface area contributed by atoms with E-state index in [2.05, 4.69) is 5.73 Å². The largest absolute Gasteiger partial charge is 1.00 e. The second-order valence-corrected chi connectivity index (χ2v) is 0.319. The minimum absolute atomic E-state index is 0. The van der Waals surface area contributed by atoms with Gasteiger partial charge in [-0.1, -0.05) is 0 Å². The Morgan fingerprint density at radius 2 is 1.43 bits per heavy atom. The van der Waals surface area contributed by atoms with Crippen molar-refractivity contribution in [2.24, 2.45) is 5.73 Å². The first kappa shape index (κ1) is 35.7. The summed E-state index contributed by atoms with van der Waals surface area (Å²) in [6, 6.07) is 0. The van der Waals surface area contributed by atoms with Crippen molar-refractivity contribution in [3.8, 4) is 0 Å². The predicted molar refractivity (Wildman–Crippen MR) is 21.6 cm³/mol. The number of hydrogen-bond acceptors (Lipinski definition) is 2. The average molecular weight is 115 g/mol. The molecular formula is CH10FN3O2. The molecule has 0 atom stereocenters. The Labute approximate surface area is 40.0 Å². The highest BCUT2D eigenvalue weighted by Gasteiger charge is 1.44. The Morgan fingerprint density at radius 1 is 1.43 bits per heavy atom. The molecule has 5 nitrogen and oxygen atoms in total. The maximum absolute atomic E-state index is 8.67. The maximum Gasteiger partial charge on any atom is 0.131 e. The van der Waals surface area contributed by atoms with E-state index in [-0.39, 0.29) is 17.0 Å². The molecule has 7 heavy (non-hydrogen) atoms. The third-order valence-corrected chi connectivity index (χ3v) is 0. The van der Waals surface area contributed by atoms with Crippen molar-refractivity contribution in [2.45, 2.75) is 0 Å². The molecule has 6 heteroatoms. The summed E-state index contributed by atoms with van der Waals surface area (Å²) in [7, 11) is 0. The molecule has 0 aromatic carbocycles. The minimum atomic E-state index is -1.58. The van der Waals surface area contributed by atoms with Crippen LogP contribution in [0, 0.1) is 0 Å². The van der Waals surface area contributed by atoms with Gasteiger partial charge in [-0.15, -0.1) is 0 Å². The SMILES string of the molecule is NC(=O)[O-].[F-].[NH4+].[NH4+]. The van der Waals surface area contributed by atoms with E-state index in [9.17, 15) is 0 Å². The summed E-state index contributed by atoms with van der Waals surface area (Å²) in [6.45, 7) is 0. The molecule has 48 valence electrons. The van der Waals surface area contributed by atoms with Crippen LogP contribution in [0.5, 0.6) is 0 Å². The van der Waals surface area contributed by atoms with Gasteiger partial charge < -0.3 is 32.6 Å². The van der Waals surface area contributed by atoms with E-state index in [4.69, 9.17) is 9.90 Å². The highest BCUT2D eigenvalue weighted by Crippen LogP contribution is 1.23. The smallest absolute Gasteiger partial charge is 0.131 e. The molecule has 0 saturated heterocycles. The Kier molecular flexibility index (Phi) is 98.6. The standard InChI is InChI=1S/CH3NO2.FH.2H3N/c2-1(3)4;;;/h2H2,(H,3,4);1H;2*1H3. The highest BCUT2D eigenvalue weighted by molar-refractivity contribution is 5.58. The zero-order valence-electron chi connectivity index (χ0n) is 4.27. The molecule has 0 aliphatic carbocycles. The van der Waals surface area contributed by atoms with Crippen molar-refractivity contribution in [2.75, 3.05) is 0 Å². The molecule has 10 N–H and O–H groups in total. The van der Waals surface area contributed by atoms with Crippen LogP contribution in [0.15, 0.2) is 0 Å². The molecule has 0 bridgehead atoms. The molecule has 0 heterocycles. The van der Waals surface area contributed by atoms with Gasteiger partial charge >= 0.3 is 0 Å². The summed E-state index contributed by atoms with van der Waals surface area (Å²) in [4.78, 5) is 8.67. The van der Waals surface area contributed by atoms with Gasteiger partial charge in [0.05, 0.1) is 0 Å². The van der Waals surface area contributed by atoms with Gasteiger partial charge in [-0.25, -0.2) is 0 Å². The molecule has 1 amide bonds. The molecule has 0 fully saturated rings. The van der Waals surface area contributed by atoms with Gasteiger partial charge in [-0.05, 0) is 0 Å². The highest BCUT2D eigenvalue weighted by atomic mass is 19.0. The predicted octanol–water partition coefficient (Wildman–Crippen LogP) is -3.96. The monoisotopic (exact) mass is 115 g/mol. The lowest BCUT2D eigenvalue weighted by Gasteiger charge is -1.78. The number of carbonyl (C=O) groups excluding carboxylic acids is 1. The molecule has 0 unspecified atom stereocenters. The van der Waals surface area contributed by atoms with Crippen LogP contribution >= 0.6 is 0 Å². The lowest BCUT2D eigenvalue weighted by molar-refractivity contribution is -0.245. The molecule has 0 radical (unpaired) electrons. The molecule has 0 aliphatic rings. The lowest BCUT2D eigenvalue weighted by atomic mass is 11.3. The summed E-state index contributed by atoms with van der Waals surface area (Å²) >= 11 is 0. The third kappa shape index (κ3) is 64.4. The summed E-state index contributed by atoms with van der Waals surface area (Å²) in [5.41, 5.74) is 3.92. The van der Waals surface area contributed by atoms with Crippen molar-refractivity contribution in [3.63, 3.8) is 0 Å². The van der Waals surface area contributed by atoms with Crippen LogP contribution in [0.2, 0.25) is 0 Å². The number of rotatable bonds is 0. The van der Waals surface area contributed by atoms with Gasteiger partial charge in [-0.3, -0.25) is 0 Å². The zero-order valence-corrected chi connectivity index (χ0v) is 4.27. The van der Waals surface area contributed by atoms with Gasteiger partial charge in [0.25, 0.3) is 0 Å². The molecule has 0 rings (SSSR count). The molecule has 0 spiro atoms. The quantitative estimate of drug-likeness (QED) is 0.296. The Bertz CT molecular complexity index is 35.9. The second kappa shape index (κ2) is 19.3. The summed E-state index contributed by atoms with van der Waals surface area (Å²) < 4.78 is 0. The minimum Gasteiger partial charge on any atom is -1.00 e. The van der Waals surface area contributed by atoms with Crippen molar-refractivity contribution in [1.29, 1.82) is 0 Å². The van der Waals surface area contributed by atoms with Crippen LogP contribution < -0.4 is 27.8 Å². The van der Waals surface area contributed by atoms with Crippen LogP contribution in [-0.2, 0) is 0 Å². The van der Waals surface area contributed by atoms with Crippen LogP contribution in [0.4, 0.5) is 4.79 Å². The van der Waals surface area contributed by atoms with E-state index in [0.717, 1.165) is 0 Å². The first-order valence-corrected chi connectivity index (χ1v) is 0.697. The maximum atomic E-state index is 8.67. The number of carbonyl (C=O) groups is 1. The number of nitrogens with two attached hydrogens (primary N) is 1. The Balaban J connectivity index is -0.0000000150. The fourth-order valence-corrected chi connectivity index (χ4v) is 0. The van der Waals surface area contributed by atoms with E-state index in [1.54, 1.807) is 0 Å². The molecular weight excluding hydrogens is 105 g/mol. The lowest BCUT2D eigenvalue weighted by Crippen LogP contribution is -3.00. The van der Waals surface area contributed by atoms with Crippen molar-refractivity contribution in [1.82, 2.24) is 12.3 Å². The normalized spacial score (nSPS) is 3.43. The second-order valence-electron chi connectivity index (χ2n) is 0.319. The Hall–Kier alpha value is -0.880. The summed E-state index contributed by atoms with van der Waals surface area (Å²) in [6.07, 6.45) is -1.58. The zero-order chi connectivity index (χ0) is 3.58. The topological polar surface area (TPSA) is 139 Å². The van der Waals surface area contributed by atoms with E-state index >= 15 is 0 Å². The van der Waals surface area contributed by atoms with Crippen LogP contribution in [-0.4, -0.2) is 6.09 Å². The fraction of sp³-hybridized carbons (Fsp3) is 0. The van der Waals surface area contributed by atoms with Crippen molar-refractivity contribution in [3.05, 3.63) is 0 Å². The molecule has 0 aromatic rings. The molecule has 0 aliphatic heterocycles. The van der Waals surface area contributed by atoms with Crippen LogP contribution in [0.25, 0.3) is 0 Å². The number of primary amides is 1. The van der Waals surface area contributed by atoms with Crippen molar-refractivity contribution >= 4 is 6.09 Å². The number of amides is 1. The summed E-state index contributed by atoms with van der Waals surface area (Å²) in [5, 5.41) is 8.67. The van der Waals surface area contributed by atoms with Gasteiger partial charge in [-0.2, -0.15) is 0 Å². The van der Waals surface area contributed by atoms with E-state index in [0.29, 0.717) is 0 Å². The van der Waals surface area contributed by atoms with Gasteiger partial charge in [0.1, 0.15) is 6.09 Å². The number of halogens is 1. The first-order valence-electron chi connectivity index (χ1n) is 0.697.